The van der Waals surface area contributed by atoms with E-state index in [2.05, 4.69) is 25.9 Å². The van der Waals surface area contributed by atoms with Gasteiger partial charge in [-0.25, -0.2) is 4.98 Å². The van der Waals surface area contributed by atoms with E-state index >= 15 is 0 Å². The Hall–Kier alpha value is -4.26. The van der Waals surface area contributed by atoms with Crippen molar-refractivity contribution in [1.82, 2.24) is 9.97 Å². The number of anilines is 4. The van der Waals surface area contributed by atoms with Crippen LogP contribution in [-0.4, -0.2) is 21.8 Å². The van der Waals surface area contributed by atoms with Crippen molar-refractivity contribution >= 4 is 45.6 Å². The van der Waals surface area contributed by atoms with Gasteiger partial charge >= 0.3 is 0 Å². The molecule has 2 amide bonds. The van der Waals surface area contributed by atoms with Gasteiger partial charge < -0.3 is 16.0 Å². The van der Waals surface area contributed by atoms with Crippen molar-refractivity contribution < 1.29 is 9.59 Å². The minimum absolute atomic E-state index is 0.147. The second kappa shape index (κ2) is 8.40. The van der Waals surface area contributed by atoms with Crippen molar-refractivity contribution in [3.8, 4) is 0 Å². The van der Waals surface area contributed by atoms with Crippen molar-refractivity contribution in [1.29, 1.82) is 0 Å². The molecular formula is C23H19N5O2. The largest absolute Gasteiger partial charge is 0.340 e. The molecule has 0 aliphatic carbocycles. The highest BCUT2D eigenvalue weighted by atomic mass is 16.2. The van der Waals surface area contributed by atoms with E-state index < -0.39 is 0 Å². The number of aromatic nitrogens is 2. The average molecular weight is 397 g/mol. The fraction of sp³-hybridized carbons (Fsp3) is 0.0435. The van der Waals surface area contributed by atoms with E-state index in [-0.39, 0.29) is 11.8 Å². The molecule has 0 aliphatic rings. The average Bonchev–Trinajstić information content (AvgIpc) is 2.75. The summed E-state index contributed by atoms with van der Waals surface area (Å²) in [6.07, 6.45) is 3.34. The predicted molar refractivity (Wildman–Crippen MR) is 118 cm³/mol. The second-order valence-corrected chi connectivity index (χ2v) is 6.68. The van der Waals surface area contributed by atoms with Crippen LogP contribution in [0.2, 0.25) is 0 Å². The van der Waals surface area contributed by atoms with E-state index in [9.17, 15) is 9.59 Å². The van der Waals surface area contributed by atoms with Crippen LogP contribution in [0.25, 0.3) is 10.9 Å². The zero-order valence-corrected chi connectivity index (χ0v) is 16.2. The summed E-state index contributed by atoms with van der Waals surface area (Å²) < 4.78 is 0. The standard InChI is InChI=1S/C23H19N5O2/c1-15(29)26-18-4-6-19(7-5-18)28-23(30)17-10-12-25-22(14-17)27-20-8-9-21-16(13-20)3-2-11-24-21/h2-14H,1H3,(H,25,27)(H,26,29)(H,28,30). The molecule has 0 atom stereocenters. The number of fused-ring (bicyclic) bond motifs is 1. The molecule has 2 aromatic carbocycles. The van der Waals surface area contributed by atoms with E-state index in [1.54, 1.807) is 48.8 Å². The molecule has 0 saturated carbocycles. The van der Waals surface area contributed by atoms with Crippen molar-refractivity contribution in [2.24, 2.45) is 0 Å². The summed E-state index contributed by atoms with van der Waals surface area (Å²) in [5, 5.41) is 9.76. The number of amides is 2. The van der Waals surface area contributed by atoms with Gasteiger partial charge in [0.05, 0.1) is 5.52 Å². The van der Waals surface area contributed by atoms with Crippen LogP contribution in [0.4, 0.5) is 22.9 Å². The molecule has 4 aromatic rings. The summed E-state index contributed by atoms with van der Waals surface area (Å²) >= 11 is 0. The normalized spacial score (nSPS) is 10.4. The summed E-state index contributed by atoms with van der Waals surface area (Å²) in [4.78, 5) is 32.3. The Morgan fingerprint density at radius 3 is 2.27 bits per heavy atom. The number of rotatable bonds is 5. The van der Waals surface area contributed by atoms with Crippen LogP contribution in [0.1, 0.15) is 17.3 Å². The molecule has 0 radical (unpaired) electrons. The molecule has 0 unspecified atom stereocenters. The molecule has 0 aliphatic heterocycles. The van der Waals surface area contributed by atoms with Crippen LogP contribution < -0.4 is 16.0 Å². The summed E-state index contributed by atoms with van der Waals surface area (Å²) in [7, 11) is 0. The van der Waals surface area contributed by atoms with Gasteiger partial charge in [0, 0.05) is 47.3 Å². The van der Waals surface area contributed by atoms with E-state index in [1.807, 2.05) is 30.3 Å². The number of nitrogens with one attached hydrogen (secondary N) is 3. The van der Waals surface area contributed by atoms with Crippen LogP contribution in [-0.2, 0) is 4.79 Å². The van der Waals surface area contributed by atoms with Gasteiger partial charge in [0.25, 0.3) is 5.91 Å². The Kier molecular flexibility index (Phi) is 5.34. The van der Waals surface area contributed by atoms with Crippen molar-refractivity contribution in [3.05, 3.63) is 84.7 Å². The first-order valence-corrected chi connectivity index (χ1v) is 9.34. The van der Waals surface area contributed by atoms with Gasteiger partial charge in [-0.1, -0.05) is 6.07 Å². The predicted octanol–water partition coefficient (Wildman–Crippen LogP) is 4.58. The van der Waals surface area contributed by atoms with Crippen LogP contribution in [0.15, 0.2) is 79.1 Å². The Labute approximate surface area is 173 Å². The highest BCUT2D eigenvalue weighted by Gasteiger charge is 2.08. The second-order valence-electron chi connectivity index (χ2n) is 6.68. The van der Waals surface area contributed by atoms with Crippen LogP contribution >= 0.6 is 0 Å². The molecule has 0 saturated heterocycles. The van der Waals surface area contributed by atoms with Gasteiger partial charge in [0.15, 0.2) is 0 Å². The third kappa shape index (κ3) is 4.59. The zero-order valence-electron chi connectivity index (χ0n) is 16.2. The lowest BCUT2D eigenvalue weighted by Crippen LogP contribution is -2.12. The van der Waals surface area contributed by atoms with Gasteiger partial charge in [0.1, 0.15) is 5.82 Å². The number of hydrogen-bond donors (Lipinski definition) is 3. The van der Waals surface area contributed by atoms with Gasteiger partial charge in [-0.05, 0) is 60.7 Å². The summed E-state index contributed by atoms with van der Waals surface area (Å²) in [5.74, 6) is 0.161. The molecule has 3 N–H and O–H groups in total. The molecule has 7 heteroatoms. The smallest absolute Gasteiger partial charge is 0.255 e. The maximum absolute atomic E-state index is 12.6. The third-order valence-electron chi connectivity index (χ3n) is 4.36. The lowest BCUT2D eigenvalue weighted by atomic mass is 10.2. The van der Waals surface area contributed by atoms with Crippen LogP contribution in [0, 0.1) is 0 Å². The fourth-order valence-corrected chi connectivity index (χ4v) is 2.98. The molecule has 0 spiro atoms. The van der Waals surface area contributed by atoms with E-state index in [0.29, 0.717) is 22.8 Å². The topological polar surface area (TPSA) is 96.0 Å². The van der Waals surface area contributed by atoms with E-state index in [1.165, 1.54) is 6.92 Å². The van der Waals surface area contributed by atoms with Gasteiger partial charge in [-0.2, -0.15) is 0 Å². The maximum Gasteiger partial charge on any atom is 0.255 e. The summed E-state index contributed by atoms with van der Waals surface area (Å²) in [5.41, 5.74) is 3.53. The molecule has 4 rings (SSSR count). The van der Waals surface area contributed by atoms with Gasteiger partial charge in [0.2, 0.25) is 5.91 Å². The lowest BCUT2D eigenvalue weighted by Gasteiger charge is -2.10. The van der Waals surface area contributed by atoms with Crippen LogP contribution in [0.3, 0.4) is 0 Å². The highest BCUT2D eigenvalue weighted by Crippen LogP contribution is 2.21. The molecule has 0 bridgehead atoms. The summed E-state index contributed by atoms with van der Waals surface area (Å²) in [6.45, 7) is 1.44. The lowest BCUT2D eigenvalue weighted by molar-refractivity contribution is -0.114. The SMILES string of the molecule is CC(=O)Nc1ccc(NC(=O)c2ccnc(Nc3ccc4ncccc4c3)c2)cc1. The van der Waals surface area contributed by atoms with Crippen molar-refractivity contribution in [3.63, 3.8) is 0 Å². The Morgan fingerprint density at radius 2 is 1.50 bits per heavy atom. The molecular weight excluding hydrogens is 378 g/mol. The zero-order chi connectivity index (χ0) is 20.9. The Balaban J connectivity index is 1.46. The number of carbonyl (C=O) groups excluding carboxylic acids is 2. The van der Waals surface area contributed by atoms with Gasteiger partial charge in [-0.15, -0.1) is 0 Å². The Bertz CT molecular complexity index is 1220. The molecule has 0 fully saturated rings. The number of nitrogens with zero attached hydrogens (tertiary/aromatic N) is 2. The number of pyridine rings is 2. The first-order chi connectivity index (χ1) is 14.6. The van der Waals surface area contributed by atoms with Gasteiger partial charge in [-0.3, -0.25) is 14.6 Å². The maximum atomic E-state index is 12.6. The van der Waals surface area contributed by atoms with E-state index in [0.717, 1.165) is 16.6 Å². The molecule has 2 aromatic heterocycles. The first-order valence-electron chi connectivity index (χ1n) is 9.34. The Morgan fingerprint density at radius 1 is 0.767 bits per heavy atom. The van der Waals surface area contributed by atoms with E-state index in [4.69, 9.17) is 0 Å². The fourth-order valence-electron chi connectivity index (χ4n) is 2.98. The molecule has 2 heterocycles. The number of hydrogen-bond acceptors (Lipinski definition) is 5. The minimum Gasteiger partial charge on any atom is -0.340 e. The van der Waals surface area contributed by atoms with Crippen LogP contribution in [0.5, 0.6) is 0 Å². The van der Waals surface area contributed by atoms with Crippen molar-refractivity contribution in [2.75, 3.05) is 16.0 Å². The molecule has 30 heavy (non-hydrogen) atoms. The third-order valence-corrected chi connectivity index (χ3v) is 4.36. The molecule has 7 nitrogen and oxygen atoms in total. The monoisotopic (exact) mass is 397 g/mol. The minimum atomic E-state index is -0.254. The highest BCUT2D eigenvalue weighted by molar-refractivity contribution is 6.04. The quantitative estimate of drug-likeness (QED) is 0.458. The molecule has 148 valence electrons. The number of benzene rings is 2. The first kappa shape index (κ1) is 19.1. The summed E-state index contributed by atoms with van der Waals surface area (Å²) in [6, 6.07) is 20.0. The van der Waals surface area contributed by atoms with Crippen molar-refractivity contribution in [2.45, 2.75) is 6.92 Å². The number of carbonyl (C=O) groups is 2.